The molecule has 3 rings (SSSR count). The Morgan fingerprint density at radius 1 is 1.10 bits per heavy atom. The third-order valence-electron chi connectivity index (χ3n) is 3.05. The Morgan fingerprint density at radius 3 is 2.65 bits per heavy atom. The molecule has 2 aromatic carbocycles. The standard InChI is InChI=1S/C15H12ClN3O/c1-20-9-6-7-13-11(8-9)14(17)19-15(18-13)10-4-2-3-5-12(10)16/h2-8H,1H3,(H2,17,18,19). The van der Waals surface area contributed by atoms with Gasteiger partial charge < -0.3 is 10.5 Å². The van der Waals surface area contributed by atoms with Crippen LogP contribution in [-0.4, -0.2) is 17.1 Å². The lowest BCUT2D eigenvalue weighted by molar-refractivity contribution is 0.415. The van der Waals surface area contributed by atoms with Crippen molar-refractivity contribution < 1.29 is 4.74 Å². The van der Waals surface area contributed by atoms with Crippen LogP contribution in [-0.2, 0) is 0 Å². The van der Waals surface area contributed by atoms with Gasteiger partial charge in [0.2, 0.25) is 0 Å². The van der Waals surface area contributed by atoms with Gasteiger partial charge in [-0.25, -0.2) is 9.97 Å². The van der Waals surface area contributed by atoms with Crippen molar-refractivity contribution in [2.24, 2.45) is 0 Å². The molecule has 3 aromatic rings. The van der Waals surface area contributed by atoms with Gasteiger partial charge in [-0.3, -0.25) is 0 Å². The van der Waals surface area contributed by atoms with Gasteiger partial charge in [-0.15, -0.1) is 0 Å². The summed E-state index contributed by atoms with van der Waals surface area (Å²) < 4.78 is 5.18. The summed E-state index contributed by atoms with van der Waals surface area (Å²) in [5.41, 5.74) is 7.54. The van der Waals surface area contributed by atoms with Gasteiger partial charge in [0, 0.05) is 10.9 Å². The molecule has 1 heterocycles. The highest BCUT2D eigenvalue weighted by Crippen LogP contribution is 2.29. The summed E-state index contributed by atoms with van der Waals surface area (Å²) in [6.45, 7) is 0. The second kappa shape index (κ2) is 4.98. The number of hydrogen-bond acceptors (Lipinski definition) is 4. The fourth-order valence-corrected chi connectivity index (χ4v) is 2.24. The topological polar surface area (TPSA) is 61.0 Å². The van der Waals surface area contributed by atoms with Gasteiger partial charge in [0.05, 0.1) is 17.6 Å². The number of fused-ring (bicyclic) bond motifs is 1. The third-order valence-corrected chi connectivity index (χ3v) is 3.38. The van der Waals surface area contributed by atoms with E-state index in [4.69, 9.17) is 22.1 Å². The van der Waals surface area contributed by atoms with E-state index in [0.717, 1.165) is 22.2 Å². The van der Waals surface area contributed by atoms with E-state index in [2.05, 4.69) is 9.97 Å². The minimum absolute atomic E-state index is 0.406. The van der Waals surface area contributed by atoms with Crippen LogP contribution in [0.5, 0.6) is 5.75 Å². The van der Waals surface area contributed by atoms with Crippen molar-refractivity contribution in [3.05, 3.63) is 47.5 Å². The van der Waals surface area contributed by atoms with E-state index in [-0.39, 0.29) is 0 Å². The lowest BCUT2D eigenvalue weighted by Gasteiger charge is -2.08. The smallest absolute Gasteiger partial charge is 0.163 e. The molecule has 0 fully saturated rings. The Labute approximate surface area is 121 Å². The maximum absolute atomic E-state index is 6.17. The Bertz CT molecular complexity index is 789. The predicted molar refractivity (Wildman–Crippen MR) is 80.9 cm³/mol. The summed E-state index contributed by atoms with van der Waals surface area (Å²) >= 11 is 6.17. The number of hydrogen-bond donors (Lipinski definition) is 1. The zero-order chi connectivity index (χ0) is 14.1. The van der Waals surface area contributed by atoms with Gasteiger partial charge in [0.1, 0.15) is 11.6 Å². The highest BCUT2D eigenvalue weighted by atomic mass is 35.5. The van der Waals surface area contributed by atoms with Crippen molar-refractivity contribution in [1.29, 1.82) is 0 Å². The number of nitrogen functional groups attached to an aromatic ring is 1. The van der Waals surface area contributed by atoms with Gasteiger partial charge in [-0.1, -0.05) is 23.7 Å². The first kappa shape index (κ1) is 12.7. The zero-order valence-corrected chi connectivity index (χ0v) is 11.6. The lowest BCUT2D eigenvalue weighted by Crippen LogP contribution is -1.98. The van der Waals surface area contributed by atoms with Crippen LogP contribution in [0.4, 0.5) is 5.82 Å². The van der Waals surface area contributed by atoms with Crippen molar-refractivity contribution in [3.8, 4) is 17.1 Å². The van der Waals surface area contributed by atoms with Gasteiger partial charge in [-0.05, 0) is 30.3 Å². The van der Waals surface area contributed by atoms with Gasteiger partial charge in [-0.2, -0.15) is 0 Å². The molecule has 0 bridgehead atoms. The largest absolute Gasteiger partial charge is 0.497 e. The molecule has 0 saturated heterocycles. The summed E-state index contributed by atoms with van der Waals surface area (Å²) in [5.74, 6) is 1.65. The molecule has 100 valence electrons. The molecule has 0 aliphatic carbocycles. The number of halogens is 1. The summed E-state index contributed by atoms with van der Waals surface area (Å²) in [6, 6.07) is 12.9. The highest BCUT2D eigenvalue weighted by Gasteiger charge is 2.10. The van der Waals surface area contributed by atoms with Gasteiger partial charge >= 0.3 is 0 Å². The fourth-order valence-electron chi connectivity index (χ4n) is 2.02. The van der Waals surface area contributed by atoms with E-state index in [1.165, 1.54) is 0 Å². The molecule has 20 heavy (non-hydrogen) atoms. The van der Waals surface area contributed by atoms with Crippen LogP contribution in [0.2, 0.25) is 5.02 Å². The van der Waals surface area contributed by atoms with Crippen LogP contribution in [0.1, 0.15) is 0 Å². The van der Waals surface area contributed by atoms with Crippen molar-refractivity contribution in [2.45, 2.75) is 0 Å². The molecule has 0 spiro atoms. The van der Waals surface area contributed by atoms with E-state index < -0.39 is 0 Å². The van der Waals surface area contributed by atoms with Gasteiger partial charge in [0.25, 0.3) is 0 Å². The highest BCUT2D eigenvalue weighted by molar-refractivity contribution is 6.33. The number of aromatic nitrogens is 2. The first-order valence-corrected chi connectivity index (χ1v) is 6.43. The van der Waals surface area contributed by atoms with Crippen molar-refractivity contribution in [3.63, 3.8) is 0 Å². The van der Waals surface area contributed by atoms with E-state index in [9.17, 15) is 0 Å². The van der Waals surface area contributed by atoms with Crippen molar-refractivity contribution in [1.82, 2.24) is 9.97 Å². The molecular formula is C15H12ClN3O. The summed E-state index contributed by atoms with van der Waals surface area (Å²) in [4.78, 5) is 8.85. The van der Waals surface area contributed by atoms with Crippen molar-refractivity contribution in [2.75, 3.05) is 12.8 Å². The molecule has 0 aliphatic rings. The Hall–Kier alpha value is -2.33. The normalized spacial score (nSPS) is 10.7. The molecule has 0 saturated carbocycles. The molecule has 5 heteroatoms. The summed E-state index contributed by atoms with van der Waals surface area (Å²) in [7, 11) is 1.61. The average Bonchev–Trinajstić information content (AvgIpc) is 2.47. The molecule has 0 amide bonds. The molecule has 0 radical (unpaired) electrons. The monoisotopic (exact) mass is 285 g/mol. The lowest BCUT2D eigenvalue weighted by atomic mass is 10.1. The maximum atomic E-state index is 6.17. The van der Waals surface area contributed by atoms with E-state index in [0.29, 0.717) is 16.7 Å². The van der Waals surface area contributed by atoms with Crippen LogP contribution in [0.15, 0.2) is 42.5 Å². The first-order chi connectivity index (χ1) is 9.69. The Kier molecular flexibility index (Phi) is 3.16. The van der Waals surface area contributed by atoms with Crippen LogP contribution >= 0.6 is 11.6 Å². The molecule has 0 unspecified atom stereocenters. The number of nitrogens with two attached hydrogens (primary N) is 1. The van der Waals surface area contributed by atoms with E-state index >= 15 is 0 Å². The van der Waals surface area contributed by atoms with Crippen LogP contribution in [0, 0.1) is 0 Å². The minimum atomic E-state index is 0.406. The number of benzene rings is 2. The van der Waals surface area contributed by atoms with Crippen molar-refractivity contribution >= 4 is 28.3 Å². The van der Waals surface area contributed by atoms with E-state index in [1.54, 1.807) is 13.2 Å². The minimum Gasteiger partial charge on any atom is -0.497 e. The average molecular weight is 286 g/mol. The quantitative estimate of drug-likeness (QED) is 0.782. The second-order valence-electron chi connectivity index (χ2n) is 4.30. The third kappa shape index (κ3) is 2.14. The maximum Gasteiger partial charge on any atom is 0.163 e. The Balaban J connectivity index is 2.23. The molecule has 2 N–H and O–H groups in total. The number of rotatable bonds is 2. The van der Waals surface area contributed by atoms with Crippen LogP contribution in [0.3, 0.4) is 0 Å². The molecule has 4 nitrogen and oxygen atoms in total. The zero-order valence-electron chi connectivity index (χ0n) is 10.8. The van der Waals surface area contributed by atoms with Gasteiger partial charge in [0.15, 0.2) is 5.82 Å². The number of ether oxygens (including phenoxy) is 1. The first-order valence-electron chi connectivity index (χ1n) is 6.05. The molecule has 1 aromatic heterocycles. The van der Waals surface area contributed by atoms with E-state index in [1.807, 2.05) is 36.4 Å². The Morgan fingerprint density at radius 2 is 1.90 bits per heavy atom. The number of methoxy groups -OCH3 is 1. The fraction of sp³-hybridized carbons (Fsp3) is 0.0667. The summed E-state index contributed by atoms with van der Waals surface area (Å²) in [6.07, 6.45) is 0. The second-order valence-corrected chi connectivity index (χ2v) is 4.70. The molecule has 0 aliphatic heterocycles. The molecule has 0 atom stereocenters. The molecular weight excluding hydrogens is 274 g/mol. The SMILES string of the molecule is COc1ccc2nc(-c3ccccc3Cl)nc(N)c2c1. The number of anilines is 1. The predicted octanol–water partition coefficient (Wildman–Crippen LogP) is 3.54. The number of nitrogens with zero attached hydrogens (tertiary/aromatic N) is 2. The van der Waals surface area contributed by atoms with Crippen LogP contribution in [0.25, 0.3) is 22.3 Å². The van der Waals surface area contributed by atoms with Crippen LogP contribution < -0.4 is 10.5 Å². The summed E-state index contributed by atoms with van der Waals surface area (Å²) in [5, 5.41) is 1.36.